The molecule has 0 saturated heterocycles. The third-order valence-corrected chi connectivity index (χ3v) is 4.33. The molecule has 1 atom stereocenters. The summed E-state index contributed by atoms with van der Waals surface area (Å²) < 4.78 is 11.3. The summed E-state index contributed by atoms with van der Waals surface area (Å²) in [5, 5.41) is 13.4. The molecule has 0 aliphatic carbocycles. The third-order valence-electron chi connectivity index (χ3n) is 4.33. The number of para-hydroxylation sites is 2. The number of H-pyrrole nitrogens is 1. The molecule has 1 unspecified atom stereocenters. The second kappa shape index (κ2) is 12.8. The summed E-state index contributed by atoms with van der Waals surface area (Å²) in [4.78, 5) is 8.88. The molecule has 31 heavy (non-hydrogen) atoms. The van der Waals surface area contributed by atoms with Crippen LogP contribution < -0.4 is 20.1 Å². The van der Waals surface area contributed by atoms with Crippen LogP contribution in [0.4, 0.5) is 0 Å². The van der Waals surface area contributed by atoms with Gasteiger partial charge in [-0.2, -0.15) is 5.10 Å². The van der Waals surface area contributed by atoms with Gasteiger partial charge in [0.15, 0.2) is 23.3 Å². The highest BCUT2D eigenvalue weighted by Gasteiger charge is 2.09. The molecular weight excluding hydrogens is 507 g/mol. The second-order valence-corrected chi connectivity index (χ2v) is 6.69. The summed E-state index contributed by atoms with van der Waals surface area (Å²) >= 11 is 0. The molecule has 0 bridgehead atoms. The quantitative estimate of drug-likeness (QED) is 0.220. The summed E-state index contributed by atoms with van der Waals surface area (Å²) in [5.41, 5.74) is 2.07. The Morgan fingerprint density at radius 2 is 1.94 bits per heavy atom. The molecule has 3 aromatic rings. The van der Waals surface area contributed by atoms with Gasteiger partial charge in [-0.25, -0.2) is 9.98 Å². The highest BCUT2D eigenvalue weighted by atomic mass is 127. The zero-order chi connectivity index (χ0) is 21.2. The molecule has 0 radical (unpaired) electrons. The molecule has 9 heteroatoms. The van der Waals surface area contributed by atoms with E-state index in [1.807, 2.05) is 56.3 Å². The van der Waals surface area contributed by atoms with E-state index in [1.165, 1.54) is 6.33 Å². The lowest BCUT2D eigenvalue weighted by Crippen LogP contribution is -2.41. The molecule has 3 rings (SSSR count). The van der Waals surface area contributed by atoms with E-state index in [1.54, 1.807) is 7.11 Å². The lowest BCUT2D eigenvalue weighted by molar-refractivity contribution is 0.213. The minimum atomic E-state index is -0.0695. The molecule has 0 fully saturated rings. The Labute approximate surface area is 199 Å². The largest absolute Gasteiger partial charge is 0.493 e. The van der Waals surface area contributed by atoms with Crippen LogP contribution in [0.15, 0.2) is 59.9 Å². The van der Waals surface area contributed by atoms with E-state index in [0.717, 1.165) is 41.0 Å². The van der Waals surface area contributed by atoms with Gasteiger partial charge in [-0.1, -0.05) is 30.3 Å². The second-order valence-electron chi connectivity index (χ2n) is 6.69. The molecule has 0 aliphatic heterocycles. The summed E-state index contributed by atoms with van der Waals surface area (Å²) in [6.45, 7) is 5.95. The van der Waals surface area contributed by atoms with Gasteiger partial charge in [-0.3, -0.25) is 5.10 Å². The number of methoxy groups -OCH3 is 1. The first-order chi connectivity index (χ1) is 14.7. The number of benzene rings is 2. The van der Waals surface area contributed by atoms with Crippen molar-refractivity contribution >= 4 is 29.9 Å². The Hall–Kier alpha value is -2.82. The Morgan fingerprint density at radius 1 is 1.13 bits per heavy atom. The smallest absolute Gasteiger partial charge is 0.191 e. The number of ether oxygens (including phenoxy) is 2. The zero-order valence-corrected chi connectivity index (χ0v) is 20.3. The van der Waals surface area contributed by atoms with Crippen molar-refractivity contribution in [2.75, 3.05) is 20.2 Å². The Morgan fingerprint density at radius 3 is 2.65 bits per heavy atom. The maximum atomic E-state index is 6.00. The van der Waals surface area contributed by atoms with Gasteiger partial charge < -0.3 is 20.1 Å². The predicted octanol–water partition coefficient (Wildman–Crippen LogP) is 3.62. The number of aromatic nitrogens is 3. The van der Waals surface area contributed by atoms with E-state index in [-0.39, 0.29) is 30.1 Å². The first kappa shape index (κ1) is 24.4. The van der Waals surface area contributed by atoms with Gasteiger partial charge >= 0.3 is 0 Å². The van der Waals surface area contributed by atoms with E-state index < -0.39 is 0 Å². The van der Waals surface area contributed by atoms with Gasteiger partial charge in [0.25, 0.3) is 0 Å². The van der Waals surface area contributed by atoms with E-state index in [4.69, 9.17) is 9.47 Å². The van der Waals surface area contributed by atoms with E-state index in [0.29, 0.717) is 13.1 Å². The molecule has 0 amide bonds. The standard InChI is InChI=1S/C22H28N6O2.HI/c1-4-23-22(24-13-16(2)30-20-11-6-5-10-19(20)29-3)25-14-17-8-7-9-18(12-17)21-26-15-27-28-21;/h5-12,15-16H,4,13-14H2,1-3H3,(H2,23,24,25)(H,26,27,28);1H. The van der Waals surface area contributed by atoms with E-state index in [9.17, 15) is 0 Å². The molecule has 1 aromatic heterocycles. The lowest BCUT2D eigenvalue weighted by Gasteiger charge is -2.19. The number of hydrogen-bond acceptors (Lipinski definition) is 5. The molecule has 1 heterocycles. The van der Waals surface area contributed by atoms with Crippen molar-refractivity contribution in [3.05, 3.63) is 60.4 Å². The van der Waals surface area contributed by atoms with Crippen molar-refractivity contribution in [1.82, 2.24) is 25.8 Å². The molecule has 3 N–H and O–H groups in total. The molecular formula is C22H29IN6O2. The predicted molar refractivity (Wildman–Crippen MR) is 133 cm³/mol. The van der Waals surface area contributed by atoms with Crippen LogP contribution in [0.2, 0.25) is 0 Å². The summed E-state index contributed by atoms with van der Waals surface area (Å²) in [6.07, 6.45) is 1.43. The van der Waals surface area contributed by atoms with Gasteiger partial charge in [0, 0.05) is 12.1 Å². The first-order valence-electron chi connectivity index (χ1n) is 9.96. The van der Waals surface area contributed by atoms with Crippen molar-refractivity contribution in [1.29, 1.82) is 0 Å². The minimum absolute atomic E-state index is 0. The van der Waals surface area contributed by atoms with Crippen LogP contribution in [0, 0.1) is 0 Å². The monoisotopic (exact) mass is 536 g/mol. The van der Waals surface area contributed by atoms with Gasteiger partial charge in [-0.15, -0.1) is 24.0 Å². The lowest BCUT2D eigenvalue weighted by atomic mass is 10.1. The molecule has 8 nitrogen and oxygen atoms in total. The SMILES string of the molecule is CCNC(=NCc1cccc(-c2ncn[nH]2)c1)NCC(C)Oc1ccccc1OC.I. The molecule has 166 valence electrons. The Bertz CT molecular complexity index is 949. The van der Waals surface area contributed by atoms with Crippen molar-refractivity contribution in [3.63, 3.8) is 0 Å². The van der Waals surface area contributed by atoms with Crippen molar-refractivity contribution in [2.45, 2.75) is 26.5 Å². The molecule has 0 spiro atoms. The van der Waals surface area contributed by atoms with Crippen molar-refractivity contribution in [3.8, 4) is 22.9 Å². The van der Waals surface area contributed by atoms with E-state index in [2.05, 4.69) is 36.9 Å². The summed E-state index contributed by atoms with van der Waals surface area (Å²) in [7, 11) is 1.64. The number of nitrogens with one attached hydrogen (secondary N) is 3. The fraction of sp³-hybridized carbons (Fsp3) is 0.318. The zero-order valence-electron chi connectivity index (χ0n) is 18.0. The Balaban J connectivity index is 0.00000341. The number of nitrogens with zero attached hydrogens (tertiary/aromatic N) is 3. The van der Waals surface area contributed by atoms with Gasteiger partial charge in [0.05, 0.1) is 20.2 Å². The fourth-order valence-corrected chi connectivity index (χ4v) is 2.89. The van der Waals surface area contributed by atoms with Crippen LogP contribution >= 0.6 is 24.0 Å². The maximum Gasteiger partial charge on any atom is 0.191 e. The van der Waals surface area contributed by atoms with Crippen LogP contribution in [0.3, 0.4) is 0 Å². The van der Waals surface area contributed by atoms with Crippen LogP contribution in [-0.4, -0.2) is 47.4 Å². The van der Waals surface area contributed by atoms with Crippen molar-refractivity contribution < 1.29 is 9.47 Å². The number of rotatable bonds is 9. The third kappa shape index (κ3) is 7.42. The number of aliphatic imine (C=N–C) groups is 1. The highest BCUT2D eigenvalue weighted by Crippen LogP contribution is 2.26. The summed E-state index contributed by atoms with van der Waals surface area (Å²) in [5.74, 6) is 2.92. The first-order valence-corrected chi connectivity index (χ1v) is 9.96. The minimum Gasteiger partial charge on any atom is -0.493 e. The van der Waals surface area contributed by atoms with Crippen LogP contribution in [0.1, 0.15) is 19.4 Å². The van der Waals surface area contributed by atoms with Crippen molar-refractivity contribution in [2.24, 2.45) is 4.99 Å². The fourth-order valence-electron chi connectivity index (χ4n) is 2.89. The molecule has 2 aromatic carbocycles. The van der Waals surface area contributed by atoms with Crippen LogP contribution in [-0.2, 0) is 6.54 Å². The maximum absolute atomic E-state index is 6.00. The molecule has 0 aliphatic rings. The Kier molecular flexibility index (Phi) is 10.1. The van der Waals surface area contributed by atoms with Gasteiger partial charge in [-0.05, 0) is 37.6 Å². The number of halogens is 1. The average molecular weight is 536 g/mol. The normalized spacial score (nSPS) is 11.9. The number of hydrogen-bond donors (Lipinski definition) is 3. The number of guanidine groups is 1. The van der Waals surface area contributed by atoms with E-state index >= 15 is 0 Å². The average Bonchev–Trinajstić information content (AvgIpc) is 3.31. The van der Waals surface area contributed by atoms with Gasteiger partial charge in [0.1, 0.15) is 12.4 Å². The summed E-state index contributed by atoms with van der Waals surface area (Å²) in [6, 6.07) is 15.7. The van der Waals surface area contributed by atoms with Crippen LogP contribution in [0.25, 0.3) is 11.4 Å². The topological polar surface area (TPSA) is 96.5 Å². The highest BCUT2D eigenvalue weighted by molar-refractivity contribution is 14.0. The number of aromatic amines is 1. The van der Waals surface area contributed by atoms with Gasteiger partial charge in [0.2, 0.25) is 0 Å². The van der Waals surface area contributed by atoms with Crippen LogP contribution in [0.5, 0.6) is 11.5 Å². The molecule has 0 saturated carbocycles.